The highest BCUT2D eigenvalue weighted by molar-refractivity contribution is 6.31. The molecular formula is C14H19ClN2O4. The van der Waals surface area contributed by atoms with Crippen LogP contribution in [-0.4, -0.2) is 60.8 Å². The number of benzene rings is 1. The molecule has 0 unspecified atom stereocenters. The summed E-state index contributed by atoms with van der Waals surface area (Å²) in [6.07, 6.45) is 0. The zero-order valence-electron chi connectivity index (χ0n) is 12.1. The molecule has 21 heavy (non-hydrogen) atoms. The summed E-state index contributed by atoms with van der Waals surface area (Å²) in [5, 5.41) is 9.44. The second-order valence-corrected chi connectivity index (χ2v) is 4.95. The molecule has 1 aromatic rings. The van der Waals surface area contributed by atoms with Crippen LogP contribution in [0.5, 0.6) is 0 Å². The first-order valence-corrected chi connectivity index (χ1v) is 6.77. The standard InChI is InChI=1S/C14H19ClN2O4/c1-16(9-11-5-3-4-6-12(11)15)14(20)17(7-8-21-2)10-13(18)19/h3-6H,7-10H2,1-2H3,(H,18,19). The molecule has 0 heterocycles. The SMILES string of the molecule is COCCN(CC(=O)O)C(=O)N(C)Cc1ccccc1Cl. The number of ether oxygens (including phenoxy) is 1. The van der Waals surface area contributed by atoms with Gasteiger partial charge in [-0.25, -0.2) is 4.79 Å². The number of amides is 2. The van der Waals surface area contributed by atoms with Crippen molar-refractivity contribution in [3.05, 3.63) is 34.9 Å². The molecular weight excluding hydrogens is 296 g/mol. The van der Waals surface area contributed by atoms with E-state index >= 15 is 0 Å². The summed E-state index contributed by atoms with van der Waals surface area (Å²) in [5.41, 5.74) is 0.803. The van der Waals surface area contributed by atoms with Gasteiger partial charge in [0.05, 0.1) is 6.61 Å². The van der Waals surface area contributed by atoms with Crippen LogP contribution < -0.4 is 0 Å². The Kier molecular flexibility index (Phi) is 6.98. The quantitative estimate of drug-likeness (QED) is 0.835. The fourth-order valence-electron chi connectivity index (χ4n) is 1.80. The summed E-state index contributed by atoms with van der Waals surface area (Å²) < 4.78 is 4.89. The Morgan fingerprint density at radius 2 is 2.00 bits per heavy atom. The second-order valence-electron chi connectivity index (χ2n) is 4.54. The third-order valence-electron chi connectivity index (χ3n) is 2.85. The van der Waals surface area contributed by atoms with Gasteiger partial charge in [0.25, 0.3) is 0 Å². The Bertz CT molecular complexity index is 496. The van der Waals surface area contributed by atoms with Gasteiger partial charge in [0.15, 0.2) is 0 Å². The summed E-state index contributed by atoms with van der Waals surface area (Å²) in [5.74, 6) is -1.06. The summed E-state index contributed by atoms with van der Waals surface area (Å²) in [6.45, 7) is 0.435. The lowest BCUT2D eigenvalue weighted by atomic mass is 10.2. The van der Waals surface area contributed by atoms with Crippen molar-refractivity contribution in [3.63, 3.8) is 0 Å². The number of carbonyl (C=O) groups is 2. The lowest BCUT2D eigenvalue weighted by Crippen LogP contribution is -2.44. The smallest absolute Gasteiger partial charge is 0.323 e. The number of halogens is 1. The van der Waals surface area contributed by atoms with Crippen molar-refractivity contribution in [1.82, 2.24) is 9.80 Å². The number of urea groups is 1. The van der Waals surface area contributed by atoms with E-state index in [0.717, 1.165) is 5.56 Å². The number of methoxy groups -OCH3 is 1. The monoisotopic (exact) mass is 314 g/mol. The normalized spacial score (nSPS) is 10.2. The van der Waals surface area contributed by atoms with E-state index in [0.29, 0.717) is 11.6 Å². The van der Waals surface area contributed by atoms with Crippen LogP contribution in [0.1, 0.15) is 5.56 Å². The number of hydrogen-bond donors (Lipinski definition) is 1. The minimum atomic E-state index is -1.06. The molecule has 0 atom stereocenters. The number of carboxylic acid groups (broad SMARTS) is 1. The number of nitrogens with zero attached hydrogens (tertiary/aromatic N) is 2. The van der Waals surface area contributed by atoms with Gasteiger partial charge in [0, 0.05) is 32.3 Å². The van der Waals surface area contributed by atoms with Gasteiger partial charge in [0.2, 0.25) is 0 Å². The lowest BCUT2D eigenvalue weighted by Gasteiger charge is -2.27. The molecule has 116 valence electrons. The summed E-state index contributed by atoms with van der Waals surface area (Å²) in [4.78, 5) is 25.8. The third kappa shape index (κ3) is 5.61. The van der Waals surface area contributed by atoms with Crippen LogP contribution in [0.3, 0.4) is 0 Å². The van der Waals surface area contributed by atoms with Crippen molar-refractivity contribution < 1.29 is 19.4 Å². The fraction of sp³-hybridized carbons (Fsp3) is 0.429. The molecule has 0 saturated heterocycles. The number of carbonyl (C=O) groups excluding carboxylic acids is 1. The second kappa shape index (κ2) is 8.49. The first-order valence-electron chi connectivity index (χ1n) is 6.40. The molecule has 2 amide bonds. The van der Waals surface area contributed by atoms with E-state index < -0.39 is 5.97 Å². The predicted octanol–water partition coefficient (Wildman–Crippen LogP) is 1.92. The van der Waals surface area contributed by atoms with Gasteiger partial charge >= 0.3 is 12.0 Å². The molecule has 0 saturated carbocycles. The zero-order valence-corrected chi connectivity index (χ0v) is 12.8. The zero-order chi connectivity index (χ0) is 15.8. The molecule has 0 bridgehead atoms. The molecule has 0 aliphatic heterocycles. The van der Waals surface area contributed by atoms with Gasteiger partial charge in [-0.15, -0.1) is 0 Å². The molecule has 6 nitrogen and oxygen atoms in total. The van der Waals surface area contributed by atoms with E-state index in [-0.39, 0.29) is 25.7 Å². The van der Waals surface area contributed by atoms with Crippen LogP contribution in [0.15, 0.2) is 24.3 Å². The first-order chi connectivity index (χ1) is 9.95. The van der Waals surface area contributed by atoms with E-state index in [9.17, 15) is 9.59 Å². The van der Waals surface area contributed by atoms with E-state index in [2.05, 4.69) is 0 Å². The minimum absolute atomic E-state index is 0.217. The fourth-order valence-corrected chi connectivity index (χ4v) is 1.99. The average Bonchev–Trinajstić information content (AvgIpc) is 2.44. The molecule has 0 aromatic heterocycles. The molecule has 0 aliphatic carbocycles. The lowest BCUT2D eigenvalue weighted by molar-refractivity contribution is -0.137. The molecule has 0 aliphatic rings. The molecule has 1 rings (SSSR count). The Morgan fingerprint density at radius 1 is 1.33 bits per heavy atom. The number of rotatable bonds is 7. The average molecular weight is 315 g/mol. The first kappa shape index (κ1) is 17.3. The van der Waals surface area contributed by atoms with Crippen molar-refractivity contribution in [2.24, 2.45) is 0 Å². The van der Waals surface area contributed by atoms with Crippen molar-refractivity contribution >= 4 is 23.6 Å². The van der Waals surface area contributed by atoms with Crippen LogP contribution in [-0.2, 0) is 16.1 Å². The molecule has 1 aromatic carbocycles. The van der Waals surface area contributed by atoms with Crippen LogP contribution in [0, 0.1) is 0 Å². The molecule has 7 heteroatoms. The van der Waals surface area contributed by atoms with Crippen LogP contribution in [0.2, 0.25) is 5.02 Å². The largest absolute Gasteiger partial charge is 0.480 e. The van der Waals surface area contributed by atoms with Crippen LogP contribution >= 0.6 is 11.6 Å². The maximum atomic E-state index is 12.3. The number of aliphatic carboxylic acids is 1. The van der Waals surface area contributed by atoms with E-state index in [4.69, 9.17) is 21.4 Å². The topological polar surface area (TPSA) is 70.1 Å². The third-order valence-corrected chi connectivity index (χ3v) is 3.22. The van der Waals surface area contributed by atoms with Gasteiger partial charge in [-0.2, -0.15) is 0 Å². The van der Waals surface area contributed by atoms with E-state index in [1.165, 1.54) is 16.9 Å². The van der Waals surface area contributed by atoms with Gasteiger partial charge in [-0.3, -0.25) is 4.79 Å². The maximum absolute atomic E-state index is 12.3. The Hall–Kier alpha value is -1.79. The van der Waals surface area contributed by atoms with Crippen molar-refractivity contribution in [2.45, 2.75) is 6.54 Å². The summed E-state index contributed by atoms with van der Waals surface area (Å²) in [6, 6.07) is 6.83. The van der Waals surface area contributed by atoms with Crippen LogP contribution in [0.25, 0.3) is 0 Å². The van der Waals surface area contributed by atoms with E-state index in [1.807, 2.05) is 18.2 Å². The van der Waals surface area contributed by atoms with Crippen molar-refractivity contribution in [2.75, 3.05) is 33.9 Å². The number of hydrogen-bond acceptors (Lipinski definition) is 3. The molecule has 0 fully saturated rings. The van der Waals surface area contributed by atoms with Gasteiger partial charge in [0.1, 0.15) is 6.54 Å². The van der Waals surface area contributed by atoms with Gasteiger partial charge in [-0.1, -0.05) is 29.8 Å². The Balaban J connectivity index is 2.73. The molecule has 0 radical (unpaired) electrons. The number of carboxylic acids is 1. The van der Waals surface area contributed by atoms with Crippen molar-refractivity contribution in [3.8, 4) is 0 Å². The summed E-state index contributed by atoms with van der Waals surface area (Å²) >= 11 is 6.05. The Labute approximate surface area is 128 Å². The maximum Gasteiger partial charge on any atom is 0.323 e. The highest BCUT2D eigenvalue weighted by Crippen LogP contribution is 2.17. The van der Waals surface area contributed by atoms with E-state index in [1.54, 1.807) is 13.1 Å². The van der Waals surface area contributed by atoms with Gasteiger partial charge in [-0.05, 0) is 11.6 Å². The minimum Gasteiger partial charge on any atom is -0.480 e. The highest BCUT2D eigenvalue weighted by atomic mass is 35.5. The summed E-state index contributed by atoms with van der Waals surface area (Å²) in [7, 11) is 3.10. The van der Waals surface area contributed by atoms with Crippen LogP contribution in [0.4, 0.5) is 4.79 Å². The van der Waals surface area contributed by atoms with Gasteiger partial charge < -0.3 is 19.6 Å². The van der Waals surface area contributed by atoms with Crippen molar-refractivity contribution in [1.29, 1.82) is 0 Å². The Morgan fingerprint density at radius 3 is 2.57 bits per heavy atom. The molecule has 1 N–H and O–H groups in total. The molecule has 0 spiro atoms. The highest BCUT2D eigenvalue weighted by Gasteiger charge is 2.20. The predicted molar refractivity (Wildman–Crippen MR) is 79.4 cm³/mol.